The van der Waals surface area contributed by atoms with Crippen LogP contribution in [0.25, 0.3) is 0 Å². The summed E-state index contributed by atoms with van der Waals surface area (Å²) in [6.45, 7) is 1.32. The molecule has 2 aromatic rings. The number of hydrogen-bond donors (Lipinski definition) is 1. The Morgan fingerprint density at radius 1 is 1.24 bits per heavy atom. The molecule has 2 aliphatic carbocycles. The van der Waals surface area contributed by atoms with Crippen molar-refractivity contribution in [2.24, 2.45) is 5.92 Å². The zero-order chi connectivity index (χ0) is 17.0. The van der Waals surface area contributed by atoms with Gasteiger partial charge >= 0.3 is 0 Å². The van der Waals surface area contributed by atoms with Gasteiger partial charge in [-0.3, -0.25) is 4.79 Å². The van der Waals surface area contributed by atoms with Gasteiger partial charge in [-0.1, -0.05) is 24.3 Å². The number of hydrogen-bond acceptors (Lipinski definition) is 4. The number of aromatic nitrogens is 2. The van der Waals surface area contributed by atoms with Crippen LogP contribution in [-0.4, -0.2) is 27.3 Å². The molecule has 5 nitrogen and oxygen atoms in total. The molecule has 0 bridgehead atoms. The van der Waals surface area contributed by atoms with Crippen molar-refractivity contribution in [2.75, 3.05) is 12.3 Å². The van der Waals surface area contributed by atoms with E-state index in [0.29, 0.717) is 12.5 Å². The van der Waals surface area contributed by atoms with E-state index in [-0.39, 0.29) is 17.3 Å². The molecule has 0 unspecified atom stereocenters. The number of aryl methyl sites for hydroxylation is 1. The highest BCUT2D eigenvalue weighted by Crippen LogP contribution is 2.60. The highest BCUT2D eigenvalue weighted by molar-refractivity contribution is 5.85. The molecule has 1 fully saturated rings. The number of nitrogen functional groups attached to an aromatic ring is 1. The Bertz CT molecular complexity index is 865. The molecule has 3 aliphatic rings. The van der Waals surface area contributed by atoms with Crippen molar-refractivity contribution in [3.05, 3.63) is 52.8 Å². The van der Waals surface area contributed by atoms with Crippen molar-refractivity contribution < 1.29 is 4.79 Å². The predicted molar refractivity (Wildman–Crippen MR) is 94.7 cm³/mol. The van der Waals surface area contributed by atoms with E-state index in [2.05, 4.69) is 34.2 Å². The van der Waals surface area contributed by atoms with Crippen LogP contribution in [0.15, 0.2) is 30.5 Å². The molecule has 2 heterocycles. The number of carbonyl (C=O) groups excluding carboxylic acids is 1. The summed E-state index contributed by atoms with van der Waals surface area (Å²) in [5.74, 6) is 0.714. The first-order chi connectivity index (χ1) is 12.2. The average Bonchev–Trinajstić information content (AvgIpc) is 3.35. The fourth-order valence-corrected chi connectivity index (χ4v) is 4.88. The highest BCUT2D eigenvalue weighted by atomic mass is 16.2. The van der Waals surface area contributed by atoms with Gasteiger partial charge in [-0.05, 0) is 48.8 Å². The van der Waals surface area contributed by atoms with Gasteiger partial charge in [-0.25, -0.2) is 9.97 Å². The monoisotopic (exact) mass is 334 g/mol. The summed E-state index contributed by atoms with van der Waals surface area (Å²) in [6, 6.07) is 8.69. The third-order valence-corrected chi connectivity index (χ3v) is 6.27. The van der Waals surface area contributed by atoms with E-state index in [1.165, 1.54) is 17.5 Å². The predicted octanol–water partition coefficient (Wildman–Crippen LogP) is 2.24. The van der Waals surface area contributed by atoms with Gasteiger partial charge in [0.05, 0.1) is 12.2 Å². The van der Waals surface area contributed by atoms with Gasteiger partial charge in [0, 0.05) is 24.1 Å². The van der Waals surface area contributed by atoms with Crippen molar-refractivity contribution in [1.29, 1.82) is 0 Å². The van der Waals surface area contributed by atoms with E-state index in [4.69, 9.17) is 5.73 Å². The maximum atomic E-state index is 13.2. The first kappa shape index (κ1) is 14.9. The standard InChI is InChI=1S/C20H22N4O/c21-19-22-11-14-7-9-24(12-17(14)23-19)18(25)16-10-20(16)8-3-5-13-4-1-2-6-15(13)20/h1-2,4,6,11,16H,3,5,7-10,12H2,(H2,21,22,23)/t16-,20-/m0/s1. The number of amides is 1. The topological polar surface area (TPSA) is 72.1 Å². The molecule has 5 rings (SSSR count). The largest absolute Gasteiger partial charge is 0.368 e. The number of carbonyl (C=O) groups is 1. The van der Waals surface area contributed by atoms with Gasteiger partial charge < -0.3 is 10.6 Å². The van der Waals surface area contributed by atoms with Gasteiger partial charge in [0.15, 0.2) is 0 Å². The molecule has 1 saturated carbocycles. The van der Waals surface area contributed by atoms with Gasteiger partial charge in [-0.2, -0.15) is 0 Å². The SMILES string of the molecule is Nc1ncc2c(n1)CN(C(=O)[C@@H]1C[C@]13CCCc1ccccc13)CC2. The van der Waals surface area contributed by atoms with E-state index >= 15 is 0 Å². The number of fused-ring (bicyclic) bond motifs is 3. The first-order valence-electron chi connectivity index (χ1n) is 9.15. The minimum Gasteiger partial charge on any atom is -0.368 e. The zero-order valence-corrected chi connectivity index (χ0v) is 14.2. The molecule has 1 spiro atoms. The molecule has 2 atom stereocenters. The molecule has 0 radical (unpaired) electrons. The number of nitrogens with two attached hydrogens (primary N) is 1. The number of anilines is 1. The van der Waals surface area contributed by atoms with Crippen molar-refractivity contribution >= 4 is 11.9 Å². The maximum absolute atomic E-state index is 13.2. The van der Waals surface area contributed by atoms with Crippen LogP contribution in [0.4, 0.5) is 5.95 Å². The summed E-state index contributed by atoms with van der Waals surface area (Å²) in [4.78, 5) is 23.6. The van der Waals surface area contributed by atoms with E-state index in [9.17, 15) is 4.79 Å². The minimum atomic E-state index is 0.0942. The molecule has 0 saturated heterocycles. The summed E-state index contributed by atoms with van der Waals surface area (Å²) < 4.78 is 0. The van der Waals surface area contributed by atoms with E-state index in [1.807, 2.05) is 4.90 Å². The Labute approximate surface area is 147 Å². The molecule has 128 valence electrons. The van der Waals surface area contributed by atoms with E-state index < -0.39 is 0 Å². The molecule has 2 N–H and O–H groups in total. The molecular formula is C20H22N4O. The third-order valence-electron chi connectivity index (χ3n) is 6.27. The summed E-state index contributed by atoms with van der Waals surface area (Å²) >= 11 is 0. The summed E-state index contributed by atoms with van der Waals surface area (Å²) in [5.41, 5.74) is 10.7. The quantitative estimate of drug-likeness (QED) is 0.868. The molecule has 5 heteroatoms. The Hall–Kier alpha value is -2.43. The van der Waals surface area contributed by atoms with Gasteiger partial charge in [0.25, 0.3) is 0 Å². The average molecular weight is 334 g/mol. The summed E-state index contributed by atoms with van der Waals surface area (Å²) in [6.07, 6.45) is 7.09. The van der Waals surface area contributed by atoms with Crippen molar-refractivity contribution in [3.8, 4) is 0 Å². The first-order valence-corrected chi connectivity index (χ1v) is 9.15. The molecule has 1 amide bonds. The van der Waals surface area contributed by atoms with Crippen LogP contribution in [0.2, 0.25) is 0 Å². The Kier molecular flexibility index (Phi) is 3.14. The smallest absolute Gasteiger partial charge is 0.226 e. The summed E-state index contributed by atoms with van der Waals surface area (Å²) in [7, 11) is 0. The van der Waals surface area contributed by atoms with Crippen LogP contribution in [0.1, 0.15) is 41.6 Å². The normalized spacial score (nSPS) is 26.9. The van der Waals surface area contributed by atoms with Crippen molar-refractivity contribution in [1.82, 2.24) is 14.9 Å². The Balaban J connectivity index is 1.39. The molecular weight excluding hydrogens is 312 g/mol. The van der Waals surface area contributed by atoms with Crippen LogP contribution in [0.5, 0.6) is 0 Å². The van der Waals surface area contributed by atoms with Crippen LogP contribution >= 0.6 is 0 Å². The van der Waals surface area contributed by atoms with Gasteiger partial charge in [0.1, 0.15) is 0 Å². The second-order valence-corrected chi connectivity index (χ2v) is 7.63. The van der Waals surface area contributed by atoms with Gasteiger partial charge in [0.2, 0.25) is 11.9 Å². The van der Waals surface area contributed by atoms with Crippen molar-refractivity contribution in [2.45, 2.75) is 44.1 Å². The second-order valence-electron chi connectivity index (χ2n) is 7.63. The number of benzene rings is 1. The third kappa shape index (κ3) is 2.25. The number of rotatable bonds is 1. The Morgan fingerprint density at radius 3 is 3.04 bits per heavy atom. The maximum Gasteiger partial charge on any atom is 0.226 e. The fraction of sp³-hybridized carbons (Fsp3) is 0.450. The second kappa shape index (κ2) is 5.28. The lowest BCUT2D eigenvalue weighted by atomic mass is 9.78. The van der Waals surface area contributed by atoms with E-state index in [1.54, 1.807) is 6.20 Å². The lowest BCUT2D eigenvalue weighted by molar-refractivity contribution is -0.134. The van der Waals surface area contributed by atoms with Crippen LogP contribution < -0.4 is 5.73 Å². The van der Waals surface area contributed by atoms with Crippen LogP contribution in [0, 0.1) is 5.92 Å². The van der Waals surface area contributed by atoms with Crippen molar-refractivity contribution in [3.63, 3.8) is 0 Å². The molecule has 1 aromatic heterocycles. The van der Waals surface area contributed by atoms with E-state index in [0.717, 1.165) is 43.5 Å². The molecule has 1 aliphatic heterocycles. The minimum absolute atomic E-state index is 0.0942. The molecule has 25 heavy (non-hydrogen) atoms. The lowest BCUT2D eigenvalue weighted by Crippen LogP contribution is -2.39. The Morgan fingerprint density at radius 2 is 2.12 bits per heavy atom. The van der Waals surface area contributed by atoms with Crippen LogP contribution in [-0.2, 0) is 29.6 Å². The zero-order valence-electron chi connectivity index (χ0n) is 14.2. The van der Waals surface area contributed by atoms with Crippen LogP contribution in [0.3, 0.4) is 0 Å². The molecule has 1 aromatic carbocycles. The number of nitrogens with zero attached hydrogens (tertiary/aromatic N) is 3. The summed E-state index contributed by atoms with van der Waals surface area (Å²) in [5, 5.41) is 0. The lowest BCUT2D eigenvalue weighted by Gasteiger charge is -2.31. The highest BCUT2D eigenvalue weighted by Gasteiger charge is 2.60. The van der Waals surface area contributed by atoms with Gasteiger partial charge in [-0.15, -0.1) is 0 Å². The fourth-order valence-electron chi connectivity index (χ4n) is 4.88.